The summed E-state index contributed by atoms with van der Waals surface area (Å²) in [5, 5.41) is 2.76. The van der Waals surface area contributed by atoms with Crippen molar-refractivity contribution in [3.8, 4) is 0 Å². The summed E-state index contributed by atoms with van der Waals surface area (Å²) in [6.45, 7) is 0.558. The van der Waals surface area contributed by atoms with Gasteiger partial charge < -0.3 is 10.2 Å². The quantitative estimate of drug-likeness (QED) is 0.865. The van der Waals surface area contributed by atoms with Gasteiger partial charge in [0, 0.05) is 25.2 Å². The predicted octanol–water partition coefficient (Wildman–Crippen LogP) is 1.03. The molecule has 18 heavy (non-hydrogen) atoms. The van der Waals surface area contributed by atoms with Crippen LogP contribution < -0.4 is 5.32 Å². The minimum atomic E-state index is -0.236. The van der Waals surface area contributed by atoms with Gasteiger partial charge in [0.15, 0.2) is 0 Å². The normalized spacial score (nSPS) is 23.2. The minimum absolute atomic E-state index is 0.106. The van der Waals surface area contributed by atoms with Crippen molar-refractivity contribution in [2.24, 2.45) is 5.92 Å². The Morgan fingerprint density at radius 3 is 2.89 bits per heavy atom. The second-order valence-electron chi connectivity index (χ2n) is 4.88. The van der Waals surface area contributed by atoms with Gasteiger partial charge in [0.1, 0.15) is 5.82 Å². The third-order valence-electron chi connectivity index (χ3n) is 3.43. The lowest BCUT2D eigenvalue weighted by molar-refractivity contribution is -0.128. The molecule has 94 valence electrons. The number of rotatable bonds is 3. The van der Waals surface area contributed by atoms with E-state index in [0.29, 0.717) is 24.8 Å². The van der Waals surface area contributed by atoms with Gasteiger partial charge in [-0.15, -0.1) is 0 Å². The van der Waals surface area contributed by atoms with Gasteiger partial charge in [0.25, 0.3) is 0 Å². The molecule has 2 heterocycles. The van der Waals surface area contributed by atoms with Gasteiger partial charge >= 0.3 is 0 Å². The Labute approximate surface area is 105 Å². The van der Waals surface area contributed by atoms with E-state index in [1.165, 1.54) is 0 Å². The molecule has 5 nitrogen and oxygen atoms in total. The van der Waals surface area contributed by atoms with Gasteiger partial charge in [-0.2, -0.15) is 0 Å². The van der Waals surface area contributed by atoms with Crippen LogP contribution in [0.4, 0.5) is 5.82 Å². The van der Waals surface area contributed by atoms with Gasteiger partial charge in [-0.25, -0.2) is 4.98 Å². The number of aromatic nitrogens is 1. The molecule has 0 unspecified atom stereocenters. The molecule has 1 N–H and O–H groups in total. The Morgan fingerprint density at radius 2 is 2.22 bits per heavy atom. The topological polar surface area (TPSA) is 62.3 Å². The largest absolute Gasteiger partial charge is 0.339 e. The van der Waals surface area contributed by atoms with Crippen LogP contribution in [0.15, 0.2) is 24.4 Å². The maximum atomic E-state index is 12.0. The first-order chi connectivity index (χ1) is 8.74. The number of nitrogens with zero attached hydrogens (tertiary/aromatic N) is 2. The SMILES string of the molecule is O=C(Nc1ccccn1)[C@@H]1CC(=O)N(C2CC2)C1. The van der Waals surface area contributed by atoms with Crippen LogP contribution in [0.1, 0.15) is 19.3 Å². The maximum absolute atomic E-state index is 12.0. The molecule has 5 heteroatoms. The Bertz CT molecular complexity index is 470. The number of nitrogens with one attached hydrogen (secondary N) is 1. The molecular formula is C13H15N3O2. The van der Waals surface area contributed by atoms with Crippen molar-refractivity contribution in [3.63, 3.8) is 0 Å². The van der Waals surface area contributed by atoms with E-state index in [1.807, 2.05) is 11.0 Å². The zero-order valence-corrected chi connectivity index (χ0v) is 10.0. The highest BCUT2D eigenvalue weighted by Crippen LogP contribution is 2.32. The first-order valence-corrected chi connectivity index (χ1v) is 6.25. The average Bonchev–Trinajstić information content (AvgIpc) is 3.14. The smallest absolute Gasteiger partial charge is 0.230 e. The summed E-state index contributed by atoms with van der Waals surface area (Å²) < 4.78 is 0. The van der Waals surface area contributed by atoms with Crippen LogP contribution in [-0.4, -0.2) is 34.3 Å². The van der Waals surface area contributed by atoms with Gasteiger partial charge in [0.2, 0.25) is 11.8 Å². The number of pyridine rings is 1. The zero-order chi connectivity index (χ0) is 12.5. The molecular weight excluding hydrogens is 230 g/mol. The van der Waals surface area contributed by atoms with E-state index in [0.717, 1.165) is 12.8 Å². The Kier molecular flexibility index (Phi) is 2.74. The molecule has 1 aliphatic carbocycles. The summed E-state index contributed by atoms with van der Waals surface area (Å²) in [6.07, 6.45) is 4.13. The molecule has 1 aromatic heterocycles. The Hall–Kier alpha value is -1.91. The molecule has 3 rings (SSSR count). The van der Waals surface area contributed by atoms with Crippen molar-refractivity contribution in [2.45, 2.75) is 25.3 Å². The molecule has 0 radical (unpaired) electrons. The molecule has 2 fully saturated rings. The van der Waals surface area contributed by atoms with E-state index >= 15 is 0 Å². The zero-order valence-electron chi connectivity index (χ0n) is 10.0. The van der Waals surface area contributed by atoms with Gasteiger partial charge in [0.05, 0.1) is 5.92 Å². The number of likely N-dealkylation sites (tertiary alicyclic amines) is 1. The molecule has 1 saturated heterocycles. The molecule has 1 aromatic rings. The lowest BCUT2D eigenvalue weighted by Crippen LogP contribution is -2.30. The van der Waals surface area contributed by atoms with Gasteiger partial charge in [-0.05, 0) is 25.0 Å². The average molecular weight is 245 g/mol. The number of amides is 2. The standard InChI is InChI=1S/C13H15N3O2/c17-12-7-9(8-16(12)10-4-5-10)13(18)15-11-3-1-2-6-14-11/h1-3,6,9-10H,4-5,7-8H2,(H,14,15,18)/t9-/m1/s1. The van der Waals surface area contributed by atoms with Crippen molar-refractivity contribution in [2.75, 3.05) is 11.9 Å². The predicted molar refractivity (Wildman–Crippen MR) is 65.7 cm³/mol. The van der Waals surface area contributed by atoms with Crippen molar-refractivity contribution in [1.29, 1.82) is 0 Å². The fourth-order valence-corrected chi connectivity index (χ4v) is 2.31. The Morgan fingerprint density at radius 1 is 1.39 bits per heavy atom. The molecule has 0 spiro atoms. The summed E-state index contributed by atoms with van der Waals surface area (Å²) in [5.41, 5.74) is 0. The number of hydrogen-bond donors (Lipinski definition) is 1. The minimum Gasteiger partial charge on any atom is -0.339 e. The van der Waals surface area contributed by atoms with E-state index in [2.05, 4.69) is 10.3 Å². The van der Waals surface area contributed by atoms with Crippen molar-refractivity contribution >= 4 is 17.6 Å². The van der Waals surface area contributed by atoms with Gasteiger partial charge in [-0.3, -0.25) is 9.59 Å². The molecule has 1 aliphatic heterocycles. The van der Waals surface area contributed by atoms with Crippen LogP contribution >= 0.6 is 0 Å². The maximum Gasteiger partial charge on any atom is 0.230 e. The number of hydrogen-bond acceptors (Lipinski definition) is 3. The van der Waals surface area contributed by atoms with Crippen LogP contribution in [0.25, 0.3) is 0 Å². The van der Waals surface area contributed by atoms with E-state index < -0.39 is 0 Å². The van der Waals surface area contributed by atoms with Crippen molar-refractivity contribution < 1.29 is 9.59 Å². The second kappa shape index (κ2) is 4.40. The summed E-state index contributed by atoms with van der Waals surface area (Å²) in [6, 6.07) is 5.75. The highest BCUT2D eigenvalue weighted by Gasteiger charge is 2.41. The van der Waals surface area contributed by atoms with E-state index in [9.17, 15) is 9.59 Å². The highest BCUT2D eigenvalue weighted by atomic mass is 16.2. The summed E-state index contributed by atoms with van der Waals surface area (Å²) in [7, 11) is 0. The highest BCUT2D eigenvalue weighted by molar-refractivity contribution is 5.96. The number of anilines is 1. The van der Waals surface area contributed by atoms with E-state index in [4.69, 9.17) is 0 Å². The second-order valence-corrected chi connectivity index (χ2v) is 4.88. The summed E-state index contributed by atoms with van der Waals surface area (Å²) >= 11 is 0. The third-order valence-corrected chi connectivity index (χ3v) is 3.43. The number of carbonyl (C=O) groups excluding carboxylic acids is 2. The van der Waals surface area contributed by atoms with Crippen LogP contribution in [-0.2, 0) is 9.59 Å². The first kappa shape index (κ1) is 11.2. The number of carbonyl (C=O) groups is 2. The Balaban J connectivity index is 1.62. The molecule has 2 amide bonds. The first-order valence-electron chi connectivity index (χ1n) is 6.25. The third kappa shape index (κ3) is 2.20. The molecule has 1 atom stereocenters. The van der Waals surface area contributed by atoms with Crippen LogP contribution in [0.3, 0.4) is 0 Å². The lowest BCUT2D eigenvalue weighted by atomic mass is 10.1. The molecule has 2 aliphatic rings. The summed E-state index contributed by atoms with van der Waals surface area (Å²) in [4.78, 5) is 29.7. The summed E-state index contributed by atoms with van der Waals surface area (Å²) in [5.74, 6) is 0.309. The van der Waals surface area contributed by atoms with Crippen LogP contribution in [0, 0.1) is 5.92 Å². The monoisotopic (exact) mass is 245 g/mol. The molecule has 0 aromatic carbocycles. The lowest BCUT2D eigenvalue weighted by Gasteiger charge is -2.15. The van der Waals surface area contributed by atoms with Crippen molar-refractivity contribution in [3.05, 3.63) is 24.4 Å². The fraction of sp³-hybridized carbons (Fsp3) is 0.462. The van der Waals surface area contributed by atoms with E-state index in [-0.39, 0.29) is 17.7 Å². The van der Waals surface area contributed by atoms with Gasteiger partial charge in [-0.1, -0.05) is 6.07 Å². The van der Waals surface area contributed by atoms with Crippen molar-refractivity contribution in [1.82, 2.24) is 9.88 Å². The fourth-order valence-electron chi connectivity index (χ4n) is 2.31. The van der Waals surface area contributed by atoms with Crippen LogP contribution in [0.2, 0.25) is 0 Å². The van der Waals surface area contributed by atoms with E-state index in [1.54, 1.807) is 18.3 Å². The van der Waals surface area contributed by atoms with Crippen LogP contribution in [0.5, 0.6) is 0 Å². The molecule has 1 saturated carbocycles. The molecule has 0 bridgehead atoms.